The lowest BCUT2D eigenvalue weighted by Crippen LogP contribution is -2.44. The van der Waals surface area contributed by atoms with E-state index in [1.54, 1.807) is 43.3 Å². The van der Waals surface area contributed by atoms with E-state index in [-0.39, 0.29) is 29.8 Å². The Morgan fingerprint density at radius 2 is 1.92 bits per heavy atom. The van der Waals surface area contributed by atoms with E-state index in [0.29, 0.717) is 43.0 Å². The number of aryl methyl sites for hydroxylation is 1. The first-order valence-corrected chi connectivity index (χ1v) is 13.8. The fourth-order valence-electron chi connectivity index (χ4n) is 5.20. The van der Waals surface area contributed by atoms with Gasteiger partial charge in [0.15, 0.2) is 0 Å². The molecule has 37 heavy (non-hydrogen) atoms. The zero-order valence-electron chi connectivity index (χ0n) is 20.9. The second kappa shape index (κ2) is 10.1. The maximum absolute atomic E-state index is 13.7. The van der Waals surface area contributed by atoms with E-state index in [9.17, 15) is 18.0 Å². The van der Waals surface area contributed by atoms with E-state index >= 15 is 0 Å². The van der Waals surface area contributed by atoms with Gasteiger partial charge in [-0.15, -0.1) is 0 Å². The molecule has 0 radical (unpaired) electrons. The van der Waals surface area contributed by atoms with Gasteiger partial charge >= 0.3 is 0 Å². The predicted octanol–water partition coefficient (Wildman–Crippen LogP) is 2.52. The van der Waals surface area contributed by atoms with Gasteiger partial charge in [-0.2, -0.15) is 9.40 Å². The van der Waals surface area contributed by atoms with Gasteiger partial charge in [0.2, 0.25) is 21.8 Å². The molecule has 2 aliphatic rings. The molecule has 2 aliphatic heterocycles. The second-order valence-corrected chi connectivity index (χ2v) is 11.4. The topological polar surface area (TPSA) is 118 Å². The third kappa shape index (κ3) is 4.88. The van der Waals surface area contributed by atoms with Gasteiger partial charge in [0, 0.05) is 31.5 Å². The molecule has 1 atom stereocenters. The van der Waals surface area contributed by atoms with Crippen molar-refractivity contribution in [2.45, 2.75) is 44.6 Å². The van der Waals surface area contributed by atoms with Crippen molar-refractivity contribution in [1.29, 1.82) is 0 Å². The molecule has 0 saturated carbocycles. The molecule has 0 unspecified atom stereocenters. The summed E-state index contributed by atoms with van der Waals surface area (Å²) in [5.74, 6) is -0.839. The molecule has 4 heterocycles. The second-order valence-electron chi connectivity index (χ2n) is 9.51. The Balaban J connectivity index is 1.32. The number of fused-ring (bicyclic) bond motifs is 1. The molecule has 11 heteroatoms. The zero-order valence-corrected chi connectivity index (χ0v) is 21.7. The fraction of sp³-hybridized carbons (Fsp3) is 0.385. The Hall–Kier alpha value is -3.57. The molecule has 0 spiro atoms. The van der Waals surface area contributed by atoms with Crippen molar-refractivity contribution in [3.63, 3.8) is 0 Å². The number of para-hydroxylation sites is 1. The van der Waals surface area contributed by atoms with Crippen molar-refractivity contribution >= 4 is 33.2 Å². The number of hydrogen-bond donors (Lipinski definition) is 1. The maximum atomic E-state index is 13.7. The molecule has 1 aromatic carbocycles. The summed E-state index contributed by atoms with van der Waals surface area (Å²) in [7, 11) is -3.91. The third-order valence-corrected chi connectivity index (χ3v) is 9.19. The first-order chi connectivity index (χ1) is 17.8. The maximum Gasteiger partial charge on any atom is 0.248 e. The molecule has 1 saturated heterocycles. The van der Waals surface area contributed by atoms with Crippen LogP contribution in [0.3, 0.4) is 0 Å². The molecular weight excluding hydrogens is 492 g/mol. The molecule has 194 valence electrons. The lowest BCUT2D eigenvalue weighted by molar-refractivity contribution is -0.121. The van der Waals surface area contributed by atoms with Crippen molar-refractivity contribution in [1.82, 2.24) is 19.1 Å². The van der Waals surface area contributed by atoms with E-state index in [0.717, 1.165) is 17.7 Å². The SMILES string of the molecule is Cc1nn(CC(=O)N2CCc3ccccc32)c(C)c1S(=O)(=O)N1CCC[C@@H](C(=O)Nc2cccnc2)C1. The van der Waals surface area contributed by atoms with Gasteiger partial charge in [0.25, 0.3) is 0 Å². The smallest absolute Gasteiger partial charge is 0.248 e. The highest BCUT2D eigenvalue weighted by Crippen LogP contribution is 2.30. The molecule has 0 bridgehead atoms. The summed E-state index contributed by atoms with van der Waals surface area (Å²) in [6.45, 7) is 4.28. The number of amides is 2. The lowest BCUT2D eigenvalue weighted by atomic mass is 9.99. The van der Waals surface area contributed by atoms with Gasteiger partial charge < -0.3 is 10.2 Å². The number of carbonyl (C=O) groups excluding carboxylic acids is 2. The molecule has 0 aliphatic carbocycles. The van der Waals surface area contributed by atoms with Crippen LogP contribution in [0.1, 0.15) is 29.8 Å². The highest BCUT2D eigenvalue weighted by atomic mass is 32.2. The van der Waals surface area contributed by atoms with Gasteiger partial charge in [-0.05, 0) is 56.9 Å². The molecule has 1 fully saturated rings. The number of pyridine rings is 1. The van der Waals surface area contributed by atoms with Crippen LogP contribution in [0, 0.1) is 19.8 Å². The van der Waals surface area contributed by atoms with E-state index in [1.807, 2.05) is 24.3 Å². The van der Waals surface area contributed by atoms with Gasteiger partial charge in [-0.3, -0.25) is 19.3 Å². The van der Waals surface area contributed by atoms with Crippen LogP contribution in [0.25, 0.3) is 0 Å². The van der Waals surface area contributed by atoms with Crippen LogP contribution in [0.4, 0.5) is 11.4 Å². The third-order valence-electron chi connectivity index (χ3n) is 7.07. The first kappa shape index (κ1) is 25.1. The minimum atomic E-state index is -3.91. The lowest BCUT2D eigenvalue weighted by Gasteiger charge is -2.31. The highest BCUT2D eigenvalue weighted by molar-refractivity contribution is 7.89. The molecule has 10 nitrogen and oxygen atoms in total. The monoisotopic (exact) mass is 522 g/mol. The first-order valence-electron chi connectivity index (χ1n) is 12.4. The van der Waals surface area contributed by atoms with E-state index in [1.165, 1.54) is 8.99 Å². The van der Waals surface area contributed by atoms with E-state index in [2.05, 4.69) is 15.4 Å². The number of piperidine rings is 1. The Morgan fingerprint density at radius 3 is 2.70 bits per heavy atom. The van der Waals surface area contributed by atoms with Crippen molar-refractivity contribution in [3.8, 4) is 0 Å². The summed E-state index contributed by atoms with van der Waals surface area (Å²) in [6.07, 6.45) is 5.14. The van der Waals surface area contributed by atoms with Crippen LogP contribution in [-0.2, 0) is 32.6 Å². The average Bonchev–Trinajstić information content (AvgIpc) is 3.45. The molecule has 2 aromatic heterocycles. The van der Waals surface area contributed by atoms with Gasteiger partial charge in [-0.1, -0.05) is 18.2 Å². The number of nitrogens with zero attached hydrogens (tertiary/aromatic N) is 5. The van der Waals surface area contributed by atoms with Crippen LogP contribution in [-0.4, -0.2) is 58.9 Å². The normalized spacial score (nSPS) is 18.0. The highest BCUT2D eigenvalue weighted by Gasteiger charge is 2.37. The average molecular weight is 523 g/mol. The largest absolute Gasteiger partial charge is 0.324 e. The van der Waals surface area contributed by atoms with E-state index in [4.69, 9.17) is 0 Å². The van der Waals surface area contributed by atoms with Crippen LogP contribution in [0.5, 0.6) is 0 Å². The molecule has 5 rings (SSSR count). The number of nitrogens with one attached hydrogen (secondary N) is 1. The number of carbonyl (C=O) groups is 2. The summed E-state index contributed by atoms with van der Waals surface area (Å²) in [6, 6.07) is 11.3. The summed E-state index contributed by atoms with van der Waals surface area (Å²) in [5.41, 5.74) is 3.35. The summed E-state index contributed by atoms with van der Waals surface area (Å²) in [4.78, 5) is 31.8. The summed E-state index contributed by atoms with van der Waals surface area (Å²) in [5, 5.41) is 7.25. The van der Waals surface area contributed by atoms with Crippen molar-refractivity contribution in [3.05, 3.63) is 65.7 Å². The molecular formula is C26H30N6O4S. The van der Waals surface area contributed by atoms with Crippen LogP contribution in [0.15, 0.2) is 53.7 Å². The molecule has 3 aromatic rings. The fourth-order valence-corrected chi connectivity index (χ4v) is 7.10. The molecule has 2 amide bonds. The van der Waals surface area contributed by atoms with E-state index < -0.39 is 15.9 Å². The minimum absolute atomic E-state index is 0.0489. The number of hydrogen-bond acceptors (Lipinski definition) is 6. The summed E-state index contributed by atoms with van der Waals surface area (Å²) >= 11 is 0. The molecule has 1 N–H and O–H groups in total. The number of sulfonamides is 1. The quantitative estimate of drug-likeness (QED) is 0.532. The Morgan fingerprint density at radius 1 is 1.11 bits per heavy atom. The van der Waals surface area contributed by atoms with Crippen LogP contribution in [0.2, 0.25) is 0 Å². The zero-order chi connectivity index (χ0) is 26.2. The van der Waals surface area contributed by atoms with Gasteiger partial charge in [0.1, 0.15) is 11.4 Å². The van der Waals surface area contributed by atoms with Gasteiger partial charge in [0.05, 0.1) is 29.2 Å². The van der Waals surface area contributed by atoms with Crippen molar-refractivity contribution in [2.24, 2.45) is 5.92 Å². The number of anilines is 2. The Bertz CT molecular complexity index is 1440. The van der Waals surface area contributed by atoms with Crippen LogP contribution >= 0.6 is 0 Å². The Labute approximate surface area is 216 Å². The number of rotatable bonds is 6. The summed E-state index contributed by atoms with van der Waals surface area (Å²) < 4.78 is 30.3. The van der Waals surface area contributed by atoms with Gasteiger partial charge in [-0.25, -0.2) is 8.42 Å². The minimum Gasteiger partial charge on any atom is -0.324 e. The number of aromatic nitrogens is 3. The predicted molar refractivity (Wildman–Crippen MR) is 139 cm³/mol. The van der Waals surface area contributed by atoms with Crippen molar-refractivity contribution in [2.75, 3.05) is 29.9 Å². The van der Waals surface area contributed by atoms with Crippen LogP contribution < -0.4 is 10.2 Å². The standard InChI is InChI=1S/C26H30N6O4S/c1-18-25(19(2)32(29-18)17-24(33)31-14-11-20-7-3-4-10-23(20)31)37(35,36)30-13-6-8-21(16-30)26(34)28-22-9-5-12-27-15-22/h3-5,7,9-10,12,15,21H,6,8,11,13-14,16-17H2,1-2H3,(H,28,34)/t21-/m1/s1. The van der Waals surface area contributed by atoms with Crippen molar-refractivity contribution < 1.29 is 18.0 Å². The number of benzene rings is 1. The Kier molecular flexibility index (Phi) is 6.82.